The van der Waals surface area contributed by atoms with E-state index in [4.69, 9.17) is 5.73 Å². The van der Waals surface area contributed by atoms with Crippen molar-refractivity contribution in [1.29, 1.82) is 0 Å². The molecule has 0 aliphatic carbocycles. The van der Waals surface area contributed by atoms with E-state index in [9.17, 15) is 9.50 Å². The SMILES string of the molecule is CC1(O)CCN(Cc2ccc(F)cc2CN)CC1. The minimum absolute atomic E-state index is 0.235. The van der Waals surface area contributed by atoms with Crippen LogP contribution in [0.25, 0.3) is 0 Å². The maximum absolute atomic E-state index is 13.1. The Morgan fingerprint density at radius 3 is 2.61 bits per heavy atom. The quantitative estimate of drug-likeness (QED) is 0.859. The largest absolute Gasteiger partial charge is 0.390 e. The van der Waals surface area contributed by atoms with Gasteiger partial charge in [-0.2, -0.15) is 0 Å². The number of aliphatic hydroxyl groups is 1. The van der Waals surface area contributed by atoms with Crippen LogP contribution in [0, 0.1) is 5.82 Å². The van der Waals surface area contributed by atoms with Gasteiger partial charge in [0.1, 0.15) is 5.82 Å². The van der Waals surface area contributed by atoms with E-state index in [0.29, 0.717) is 6.54 Å². The highest BCUT2D eigenvalue weighted by atomic mass is 19.1. The van der Waals surface area contributed by atoms with Crippen molar-refractivity contribution in [2.45, 2.75) is 38.5 Å². The molecule has 0 amide bonds. The second-order valence-corrected chi connectivity index (χ2v) is 5.39. The van der Waals surface area contributed by atoms with Crippen LogP contribution in [-0.2, 0) is 13.1 Å². The van der Waals surface area contributed by atoms with Crippen molar-refractivity contribution in [1.82, 2.24) is 4.90 Å². The summed E-state index contributed by atoms with van der Waals surface area (Å²) in [7, 11) is 0. The molecule has 0 bridgehead atoms. The maximum Gasteiger partial charge on any atom is 0.123 e. The van der Waals surface area contributed by atoms with Gasteiger partial charge >= 0.3 is 0 Å². The predicted molar refractivity (Wildman–Crippen MR) is 69.4 cm³/mol. The van der Waals surface area contributed by atoms with Crippen molar-refractivity contribution in [2.24, 2.45) is 5.73 Å². The molecular formula is C14H21FN2O. The lowest BCUT2D eigenvalue weighted by atomic mass is 9.93. The Kier molecular flexibility index (Phi) is 4.00. The topological polar surface area (TPSA) is 49.5 Å². The van der Waals surface area contributed by atoms with Crippen LogP contribution in [0.15, 0.2) is 18.2 Å². The highest BCUT2D eigenvalue weighted by Crippen LogP contribution is 2.23. The zero-order chi connectivity index (χ0) is 13.2. The van der Waals surface area contributed by atoms with Crippen molar-refractivity contribution in [3.05, 3.63) is 35.1 Å². The zero-order valence-electron chi connectivity index (χ0n) is 10.8. The van der Waals surface area contributed by atoms with Gasteiger partial charge in [-0.15, -0.1) is 0 Å². The Hall–Kier alpha value is -0.970. The number of rotatable bonds is 3. The second kappa shape index (κ2) is 5.34. The Morgan fingerprint density at radius 2 is 2.00 bits per heavy atom. The molecule has 1 aliphatic heterocycles. The minimum atomic E-state index is -0.532. The molecule has 0 aromatic heterocycles. The standard InChI is InChI=1S/C14H21FN2O/c1-14(18)4-6-17(7-5-14)10-11-2-3-13(15)8-12(11)9-16/h2-3,8,18H,4-7,9-10,16H2,1H3. The van der Waals surface area contributed by atoms with Gasteiger partial charge in [0, 0.05) is 26.2 Å². The smallest absolute Gasteiger partial charge is 0.123 e. The van der Waals surface area contributed by atoms with Crippen LogP contribution in [0.5, 0.6) is 0 Å². The molecule has 2 rings (SSSR count). The first kappa shape index (κ1) is 13.5. The third kappa shape index (κ3) is 3.28. The summed E-state index contributed by atoms with van der Waals surface area (Å²) in [5.41, 5.74) is 7.06. The molecule has 1 aromatic rings. The van der Waals surface area contributed by atoms with E-state index in [-0.39, 0.29) is 5.82 Å². The van der Waals surface area contributed by atoms with Gasteiger partial charge in [-0.25, -0.2) is 4.39 Å². The van der Waals surface area contributed by atoms with Crippen molar-refractivity contribution in [3.63, 3.8) is 0 Å². The molecule has 1 saturated heterocycles. The number of nitrogens with zero attached hydrogens (tertiary/aromatic N) is 1. The van der Waals surface area contributed by atoms with Gasteiger partial charge < -0.3 is 10.8 Å². The number of nitrogens with two attached hydrogens (primary N) is 1. The monoisotopic (exact) mass is 252 g/mol. The molecule has 18 heavy (non-hydrogen) atoms. The van der Waals surface area contributed by atoms with Crippen LogP contribution in [0.4, 0.5) is 4.39 Å². The summed E-state index contributed by atoms with van der Waals surface area (Å²) >= 11 is 0. The highest BCUT2D eigenvalue weighted by Gasteiger charge is 2.27. The first-order valence-electron chi connectivity index (χ1n) is 6.42. The fourth-order valence-corrected chi connectivity index (χ4v) is 2.37. The van der Waals surface area contributed by atoms with E-state index in [0.717, 1.165) is 43.6 Å². The summed E-state index contributed by atoms with van der Waals surface area (Å²) in [6, 6.07) is 4.80. The van der Waals surface area contributed by atoms with Gasteiger partial charge in [-0.3, -0.25) is 4.90 Å². The third-order valence-corrected chi connectivity index (χ3v) is 3.72. The van der Waals surface area contributed by atoms with Gasteiger partial charge in [0.05, 0.1) is 5.60 Å². The molecule has 3 nitrogen and oxygen atoms in total. The van der Waals surface area contributed by atoms with Gasteiger partial charge in [0.2, 0.25) is 0 Å². The summed E-state index contributed by atoms with van der Waals surface area (Å²) in [5.74, 6) is -0.235. The zero-order valence-corrected chi connectivity index (χ0v) is 10.8. The van der Waals surface area contributed by atoms with E-state index < -0.39 is 5.60 Å². The number of halogens is 1. The molecule has 0 unspecified atom stereocenters. The average molecular weight is 252 g/mol. The maximum atomic E-state index is 13.1. The van der Waals surface area contributed by atoms with Crippen LogP contribution >= 0.6 is 0 Å². The van der Waals surface area contributed by atoms with Gasteiger partial charge in [0.25, 0.3) is 0 Å². The van der Waals surface area contributed by atoms with E-state index in [1.54, 1.807) is 0 Å². The third-order valence-electron chi connectivity index (χ3n) is 3.72. The highest BCUT2D eigenvalue weighted by molar-refractivity contribution is 5.27. The molecule has 1 fully saturated rings. The lowest BCUT2D eigenvalue weighted by molar-refractivity contribution is -0.00735. The van der Waals surface area contributed by atoms with Crippen LogP contribution in [0.3, 0.4) is 0 Å². The summed E-state index contributed by atoms with van der Waals surface area (Å²) < 4.78 is 13.1. The van der Waals surface area contributed by atoms with Crippen LogP contribution < -0.4 is 5.73 Å². The molecular weight excluding hydrogens is 231 g/mol. The molecule has 3 N–H and O–H groups in total. The van der Waals surface area contributed by atoms with Crippen LogP contribution in [-0.4, -0.2) is 28.7 Å². The normalized spacial score (nSPS) is 20.0. The first-order valence-corrected chi connectivity index (χ1v) is 6.42. The van der Waals surface area contributed by atoms with Crippen molar-refractivity contribution in [2.75, 3.05) is 13.1 Å². The van der Waals surface area contributed by atoms with Crippen LogP contribution in [0.1, 0.15) is 30.9 Å². The van der Waals surface area contributed by atoms with E-state index in [1.807, 2.05) is 13.0 Å². The Labute approximate surface area is 107 Å². The van der Waals surface area contributed by atoms with Crippen LogP contribution in [0.2, 0.25) is 0 Å². The molecule has 1 heterocycles. The summed E-state index contributed by atoms with van der Waals surface area (Å²) in [5, 5.41) is 9.90. The van der Waals surface area contributed by atoms with E-state index in [1.165, 1.54) is 12.1 Å². The average Bonchev–Trinajstić information content (AvgIpc) is 2.34. The van der Waals surface area contributed by atoms with Gasteiger partial charge in [0.15, 0.2) is 0 Å². The van der Waals surface area contributed by atoms with Gasteiger partial charge in [-0.1, -0.05) is 6.07 Å². The van der Waals surface area contributed by atoms with Gasteiger partial charge in [-0.05, 0) is 43.0 Å². The number of piperidine rings is 1. The predicted octanol–water partition coefficient (Wildman–Crippen LogP) is 1.63. The Balaban J connectivity index is 2.02. The second-order valence-electron chi connectivity index (χ2n) is 5.39. The lowest BCUT2D eigenvalue weighted by Gasteiger charge is -2.36. The van der Waals surface area contributed by atoms with Crippen molar-refractivity contribution >= 4 is 0 Å². The molecule has 0 radical (unpaired) electrons. The van der Waals surface area contributed by atoms with E-state index in [2.05, 4.69) is 4.90 Å². The number of likely N-dealkylation sites (tertiary alicyclic amines) is 1. The molecule has 0 spiro atoms. The molecule has 0 atom stereocenters. The minimum Gasteiger partial charge on any atom is -0.390 e. The fraction of sp³-hybridized carbons (Fsp3) is 0.571. The Bertz CT molecular complexity index is 410. The lowest BCUT2D eigenvalue weighted by Crippen LogP contribution is -2.42. The van der Waals surface area contributed by atoms with E-state index >= 15 is 0 Å². The first-order chi connectivity index (χ1) is 8.50. The molecule has 1 aromatic carbocycles. The number of hydrogen-bond donors (Lipinski definition) is 2. The molecule has 0 saturated carbocycles. The summed E-state index contributed by atoms with van der Waals surface area (Å²) in [4.78, 5) is 2.28. The molecule has 100 valence electrons. The molecule has 1 aliphatic rings. The Morgan fingerprint density at radius 1 is 1.33 bits per heavy atom. The van der Waals surface area contributed by atoms with Crippen molar-refractivity contribution in [3.8, 4) is 0 Å². The summed E-state index contributed by atoms with van der Waals surface area (Å²) in [6.07, 6.45) is 1.57. The van der Waals surface area contributed by atoms with Crippen molar-refractivity contribution < 1.29 is 9.50 Å². The molecule has 4 heteroatoms. The number of benzene rings is 1. The number of hydrogen-bond acceptors (Lipinski definition) is 3. The summed E-state index contributed by atoms with van der Waals surface area (Å²) in [6.45, 7) is 4.76. The fourth-order valence-electron chi connectivity index (χ4n) is 2.37.